The lowest BCUT2D eigenvalue weighted by molar-refractivity contribution is -0.140. The molecular weight excluding hydrogens is 552 g/mol. The van der Waals surface area contributed by atoms with Crippen molar-refractivity contribution < 1.29 is 27.2 Å². The molecule has 0 spiro atoms. The van der Waals surface area contributed by atoms with Crippen molar-refractivity contribution in [1.29, 1.82) is 0 Å². The first-order chi connectivity index (χ1) is 20.1. The molecule has 1 atom stereocenters. The third kappa shape index (κ3) is 4.68. The van der Waals surface area contributed by atoms with Gasteiger partial charge in [0, 0.05) is 12.4 Å². The van der Waals surface area contributed by atoms with E-state index in [0.29, 0.717) is 29.8 Å². The Hall–Kier alpha value is -4.35. The number of aliphatic imine (C=N–C) groups is 1. The highest BCUT2D eigenvalue weighted by atomic mass is 19.4. The Kier molecular flexibility index (Phi) is 6.94. The SMILES string of the molecule is NC1=NC(c2ccc(F)cc2)(C2CCCCC2)C(=O)N1Cc1cccc(C(=O)N2Cc3nccnc3C2)c1C(F)(F)F. The van der Waals surface area contributed by atoms with Gasteiger partial charge in [0.1, 0.15) is 5.82 Å². The van der Waals surface area contributed by atoms with E-state index in [0.717, 1.165) is 30.2 Å². The van der Waals surface area contributed by atoms with Gasteiger partial charge < -0.3 is 10.6 Å². The number of halogens is 4. The molecule has 1 unspecified atom stereocenters. The Morgan fingerprint density at radius 2 is 1.62 bits per heavy atom. The predicted octanol–water partition coefficient (Wildman–Crippen LogP) is 4.92. The zero-order chi connectivity index (χ0) is 29.6. The minimum absolute atomic E-state index is 0.0370. The normalized spacial score (nSPS) is 21.0. The van der Waals surface area contributed by atoms with Crippen molar-refractivity contribution in [3.05, 3.63) is 94.3 Å². The molecular formula is C30H28F4N6O2. The summed E-state index contributed by atoms with van der Waals surface area (Å²) in [5, 5.41) is 0. The zero-order valence-corrected chi connectivity index (χ0v) is 22.6. The van der Waals surface area contributed by atoms with E-state index in [9.17, 15) is 27.2 Å². The first-order valence-electron chi connectivity index (χ1n) is 13.8. The number of fused-ring (bicyclic) bond motifs is 1. The minimum Gasteiger partial charge on any atom is -0.369 e. The van der Waals surface area contributed by atoms with E-state index < -0.39 is 47.0 Å². The molecule has 3 heterocycles. The Morgan fingerprint density at radius 3 is 2.24 bits per heavy atom. The lowest BCUT2D eigenvalue weighted by Crippen LogP contribution is -2.47. The monoisotopic (exact) mass is 580 g/mol. The van der Waals surface area contributed by atoms with E-state index in [1.165, 1.54) is 53.7 Å². The van der Waals surface area contributed by atoms with E-state index in [1.54, 1.807) is 0 Å². The third-order valence-electron chi connectivity index (χ3n) is 8.44. The average Bonchev–Trinajstić information content (AvgIpc) is 3.52. The molecule has 42 heavy (non-hydrogen) atoms. The number of alkyl halides is 3. The predicted molar refractivity (Wildman–Crippen MR) is 144 cm³/mol. The van der Waals surface area contributed by atoms with Crippen LogP contribution in [0.2, 0.25) is 0 Å². The van der Waals surface area contributed by atoms with Gasteiger partial charge in [0.15, 0.2) is 11.5 Å². The van der Waals surface area contributed by atoms with Gasteiger partial charge in [-0.15, -0.1) is 0 Å². The second-order valence-electron chi connectivity index (χ2n) is 10.9. The summed E-state index contributed by atoms with van der Waals surface area (Å²) in [5.74, 6) is -2.33. The van der Waals surface area contributed by atoms with Crippen molar-refractivity contribution in [3.63, 3.8) is 0 Å². The van der Waals surface area contributed by atoms with Crippen LogP contribution in [0, 0.1) is 11.7 Å². The molecule has 0 bridgehead atoms. The summed E-state index contributed by atoms with van der Waals surface area (Å²) in [6.07, 6.45) is 2.10. The zero-order valence-electron chi connectivity index (χ0n) is 22.6. The summed E-state index contributed by atoms with van der Waals surface area (Å²) < 4.78 is 57.7. The summed E-state index contributed by atoms with van der Waals surface area (Å²) in [7, 11) is 0. The molecule has 2 aromatic carbocycles. The van der Waals surface area contributed by atoms with E-state index in [-0.39, 0.29) is 30.5 Å². The second-order valence-corrected chi connectivity index (χ2v) is 10.9. The van der Waals surface area contributed by atoms with Crippen molar-refractivity contribution in [2.45, 2.75) is 63.5 Å². The van der Waals surface area contributed by atoms with Crippen LogP contribution >= 0.6 is 0 Å². The number of nitrogens with zero attached hydrogens (tertiary/aromatic N) is 5. The summed E-state index contributed by atoms with van der Waals surface area (Å²) in [4.78, 5) is 42.9. The van der Waals surface area contributed by atoms with Gasteiger partial charge in [-0.3, -0.25) is 24.5 Å². The fourth-order valence-electron chi connectivity index (χ4n) is 6.47. The van der Waals surface area contributed by atoms with Gasteiger partial charge in [0.25, 0.3) is 11.8 Å². The molecule has 1 fully saturated rings. The molecule has 3 aromatic rings. The standard InChI is InChI=1S/C30H28F4N6O2/c31-21-11-9-20(10-12-21)29(19-6-2-1-3-7-19)27(42)40(28(35)38-29)15-18-5-4-8-22(25(18)30(32,33)34)26(41)39-16-23-24(17-39)37-14-13-36-23/h4-5,8-14,19H,1-3,6-7,15-17H2,(H2,35,38). The van der Waals surface area contributed by atoms with Crippen LogP contribution in [-0.4, -0.2) is 37.5 Å². The largest absolute Gasteiger partial charge is 0.417 e. The Balaban J connectivity index is 1.36. The van der Waals surface area contributed by atoms with Gasteiger partial charge >= 0.3 is 6.18 Å². The smallest absolute Gasteiger partial charge is 0.369 e. The number of hydrogen-bond donors (Lipinski definition) is 1. The van der Waals surface area contributed by atoms with Crippen molar-refractivity contribution >= 4 is 17.8 Å². The van der Waals surface area contributed by atoms with E-state index in [4.69, 9.17) is 5.73 Å². The number of nitrogens with two attached hydrogens (primary N) is 1. The molecule has 8 nitrogen and oxygen atoms in total. The molecule has 6 rings (SSSR count). The first-order valence-corrected chi connectivity index (χ1v) is 13.8. The van der Waals surface area contributed by atoms with Gasteiger partial charge in [-0.25, -0.2) is 9.38 Å². The quantitative estimate of drug-likeness (QED) is 0.432. The number of carbonyl (C=O) groups is 2. The number of carbonyl (C=O) groups excluding carboxylic acids is 2. The molecule has 1 saturated carbocycles. The molecule has 0 radical (unpaired) electrons. The van der Waals surface area contributed by atoms with Gasteiger partial charge in [-0.05, 0) is 48.1 Å². The number of rotatable bonds is 5. The fraction of sp³-hybridized carbons (Fsp3) is 0.367. The molecule has 12 heteroatoms. The van der Waals surface area contributed by atoms with Crippen molar-refractivity contribution in [2.75, 3.05) is 0 Å². The molecule has 3 aliphatic rings. The van der Waals surface area contributed by atoms with Crippen LogP contribution in [-0.2, 0) is 36.1 Å². The highest BCUT2D eigenvalue weighted by molar-refractivity contribution is 6.07. The molecule has 218 valence electrons. The first kappa shape index (κ1) is 27.8. The summed E-state index contributed by atoms with van der Waals surface area (Å²) in [5.41, 5.74) is 4.37. The van der Waals surface area contributed by atoms with Crippen LogP contribution in [0.3, 0.4) is 0 Å². The maximum absolute atomic E-state index is 14.6. The minimum atomic E-state index is -4.91. The molecule has 1 aliphatic carbocycles. The molecule has 1 aromatic heterocycles. The van der Waals surface area contributed by atoms with Crippen molar-refractivity contribution in [1.82, 2.24) is 19.8 Å². The number of guanidine groups is 1. The average molecular weight is 581 g/mol. The van der Waals surface area contributed by atoms with Crippen molar-refractivity contribution in [3.8, 4) is 0 Å². The van der Waals surface area contributed by atoms with E-state index in [2.05, 4.69) is 15.0 Å². The van der Waals surface area contributed by atoms with Crippen LogP contribution in [0.5, 0.6) is 0 Å². The van der Waals surface area contributed by atoms with Gasteiger partial charge in [0.05, 0.1) is 42.1 Å². The summed E-state index contributed by atoms with van der Waals surface area (Å²) in [6, 6.07) is 9.17. The fourth-order valence-corrected chi connectivity index (χ4v) is 6.47. The second kappa shape index (κ2) is 10.5. The maximum Gasteiger partial charge on any atom is 0.417 e. The van der Waals surface area contributed by atoms with E-state index >= 15 is 0 Å². The van der Waals surface area contributed by atoms with Crippen molar-refractivity contribution in [2.24, 2.45) is 16.6 Å². The number of aromatic nitrogens is 2. The number of benzene rings is 2. The van der Waals surface area contributed by atoms with Crippen LogP contribution in [0.25, 0.3) is 0 Å². The highest BCUT2D eigenvalue weighted by Gasteiger charge is 2.54. The highest BCUT2D eigenvalue weighted by Crippen LogP contribution is 2.47. The van der Waals surface area contributed by atoms with Gasteiger partial charge in [-0.2, -0.15) is 13.2 Å². The molecule has 2 N–H and O–H groups in total. The topological polar surface area (TPSA) is 105 Å². The maximum atomic E-state index is 14.6. The lowest BCUT2D eigenvalue weighted by atomic mass is 9.71. The Bertz CT molecular complexity index is 1540. The molecule has 0 saturated heterocycles. The van der Waals surface area contributed by atoms with Crippen LogP contribution in [0.4, 0.5) is 17.6 Å². The van der Waals surface area contributed by atoms with Gasteiger partial charge in [-0.1, -0.05) is 43.5 Å². The van der Waals surface area contributed by atoms with Crippen LogP contribution in [0.15, 0.2) is 59.9 Å². The van der Waals surface area contributed by atoms with Gasteiger partial charge in [0.2, 0.25) is 0 Å². The van der Waals surface area contributed by atoms with E-state index in [1.807, 2.05) is 0 Å². The lowest BCUT2D eigenvalue weighted by Gasteiger charge is -2.36. The number of amides is 2. The van der Waals surface area contributed by atoms with Crippen LogP contribution in [0.1, 0.15) is 70.5 Å². The van der Waals surface area contributed by atoms with Crippen LogP contribution < -0.4 is 5.73 Å². The Morgan fingerprint density at radius 1 is 0.976 bits per heavy atom. The summed E-state index contributed by atoms with van der Waals surface area (Å²) in [6.45, 7) is -0.464. The molecule has 2 aliphatic heterocycles. The summed E-state index contributed by atoms with van der Waals surface area (Å²) >= 11 is 0. The molecule has 2 amide bonds. The Labute approximate surface area is 239 Å². The third-order valence-corrected chi connectivity index (χ3v) is 8.44. The number of hydrogen-bond acceptors (Lipinski definition) is 6.